The normalized spacial score (nSPS) is 23.1. The number of anilines is 2. The van der Waals surface area contributed by atoms with Crippen LogP contribution in [-0.2, 0) is 57.3 Å². The van der Waals surface area contributed by atoms with E-state index in [0.717, 1.165) is 6.07 Å². The standard InChI is InChI=1S/C23H29F2NO5.C17H23F2NO4.C6H7ClO.2CO2/c1-6-7-8-9-20(28)26-17-10-11-19(18(12-17)22(24)25)31-23-21(30-16(5)27)14(3)13(2)15(4)29-23;1-8-9(2)15(23-11(4)21)17(22-10(8)3)24-14-6-5-12(20)7-13(14)16(18)19;1-2-3-4-5-6(7)8;2*2-1-3/h1,10-15,21-23H,7-9H2,2-5H3,(H,26,28);5-10,15-17H,20H2,1-4H3;1H,3-5H2;;. The molecular weight excluding hydrogens is 940 g/mol. The highest BCUT2D eigenvalue weighted by molar-refractivity contribution is 6.63. The number of unbranched alkanes of at least 4 members (excludes halogenated alkanes) is 2. The molecule has 0 aliphatic carbocycles. The number of hydrogen-bond donors (Lipinski definition) is 2. The summed E-state index contributed by atoms with van der Waals surface area (Å²) in [5, 5.41) is 2.28. The SMILES string of the molecule is C#CCCCC(=O)Cl.C#CCCCC(=O)Nc1ccc(OC2OC(C)C(C)C(C)C2OC(C)=O)c(C(F)F)c1.CC(=O)OC1C(Oc2ccc(N)cc2C(F)F)OC(C)C(C)C1C.O=C=O.O=C=O. The van der Waals surface area contributed by atoms with Crippen LogP contribution in [0.1, 0.15) is 118 Å². The second-order valence-electron chi connectivity index (χ2n) is 15.6. The van der Waals surface area contributed by atoms with E-state index in [9.17, 15) is 36.7 Å². The van der Waals surface area contributed by atoms with E-state index in [1.54, 1.807) is 0 Å². The second-order valence-corrected chi connectivity index (χ2v) is 16.0. The molecule has 0 bridgehead atoms. The van der Waals surface area contributed by atoms with Gasteiger partial charge in [0.15, 0.2) is 12.2 Å². The lowest BCUT2D eigenvalue weighted by molar-refractivity contribution is -0.243. The Morgan fingerprint density at radius 1 is 0.681 bits per heavy atom. The fraction of sp³-hybridized carbons (Fsp3) is 0.542. The quantitative estimate of drug-likeness (QED) is 0.0425. The van der Waals surface area contributed by atoms with E-state index in [2.05, 4.69) is 17.2 Å². The number of hydrogen-bond acceptors (Lipinski definition) is 15. The average molecular weight is 999 g/mol. The molecular formula is C48H59ClF4N2O14. The van der Waals surface area contributed by atoms with Crippen molar-refractivity contribution in [3.8, 4) is 36.2 Å². The maximum Gasteiger partial charge on any atom is 0.373 e. The van der Waals surface area contributed by atoms with Gasteiger partial charge < -0.3 is 39.5 Å². The molecule has 0 radical (unpaired) electrons. The number of alkyl halides is 4. The highest BCUT2D eigenvalue weighted by atomic mass is 35.5. The maximum atomic E-state index is 13.7. The number of nitrogens with one attached hydrogen (secondary N) is 1. The number of rotatable bonds is 15. The number of carbonyl (C=O) groups is 4. The van der Waals surface area contributed by atoms with Crippen LogP contribution < -0.4 is 20.5 Å². The summed E-state index contributed by atoms with van der Waals surface area (Å²) in [5.41, 5.74) is 5.29. The molecule has 3 N–H and O–H groups in total. The van der Waals surface area contributed by atoms with E-state index in [-0.39, 0.29) is 94.2 Å². The van der Waals surface area contributed by atoms with E-state index in [1.165, 1.54) is 44.2 Å². The summed E-state index contributed by atoms with van der Waals surface area (Å²) >= 11 is 5.01. The lowest BCUT2D eigenvalue weighted by Crippen LogP contribution is -2.52. The van der Waals surface area contributed by atoms with Crippen molar-refractivity contribution < 1.29 is 84.3 Å². The summed E-state index contributed by atoms with van der Waals surface area (Å²) < 4.78 is 87.7. The zero-order chi connectivity index (χ0) is 53.0. The van der Waals surface area contributed by atoms with Gasteiger partial charge in [-0.3, -0.25) is 19.2 Å². The van der Waals surface area contributed by atoms with Crippen LogP contribution in [0.2, 0.25) is 0 Å². The largest absolute Gasteiger partial charge is 0.460 e. The maximum absolute atomic E-state index is 13.7. The van der Waals surface area contributed by atoms with Gasteiger partial charge in [-0.15, -0.1) is 24.7 Å². The smallest absolute Gasteiger partial charge is 0.373 e. The predicted molar refractivity (Wildman–Crippen MR) is 240 cm³/mol. The molecule has 2 aromatic rings. The zero-order valence-electron chi connectivity index (χ0n) is 39.5. The van der Waals surface area contributed by atoms with Crippen molar-refractivity contribution in [1.29, 1.82) is 0 Å². The summed E-state index contributed by atoms with van der Waals surface area (Å²) in [5.74, 6) is 3.47. The van der Waals surface area contributed by atoms with Gasteiger partial charge in [0, 0.05) is 62.7 Å². The highest BCUT2D eigenvalue weighted by Gasteiger charge is 2.45. The number of nitrogens with two attached hydrogens (primary N) is 1. The molecule has 1 amide bonds. The number of terminal acetylenes is 2. The molecule has 10 atom stereocenters. The van der Waals surface area contributed by atoms with Gasteiger partial charge in [0.2, 0.25) is 23.7 Å². The van der Waals surface area contributed by atoms with Gasteiger partial charge in [-0.1, -0.05) is 27.7 Å². The third-order valence-corrected chi connectivity index (χ3v) is 10.9. The van der Waals surface area contributed by atoms with Crippen molar-refractivity contribution in [3.63, 3.8) is 0 Å². The second kappa shape index (κ2) is 33.3. The minimum atomic E-state index is -2.85. The Morgan fingerprint density at radius 3 is 1.45 bits per heavy atom. The van der Waals surface area contributed by atoms with Crippen molar-refractivity contribution in [2.45, 2.75) is 144 Å². The van der Waals surface area contributed by atoms with E-state index in [4.69, 9.17) is 77.8 Å². The summed E-state index contributed by atoms with van der Waals surface area (Å²) in [7, 11) is 0. The van der Waals surface area contributed by atoms with Crippen molar-refractivity contribution in [2.75, 3.05) is 11.1 Å². The molecule has 2 saturated heterocycles. The first-order valence-electron chi connectivity index (χ1n) is 21.4. The Morgan fingerprint density at radius 2 is 1.07 bits per heavy atom. The molecule has 4 rings (SSSR count). The average Bonchev–Trinajstić information content (AvgIpc) is 3.26. The Kier molecular flexibility index (Phi) is 30.2. The summed E-state index contributed by atoms with van der Waals surface area (Å²) in [6.07, 6.45) is 4.07. The first-order valence-corrected chi connectivity index (χ1v) is 21.7. The monoisotopic (exact) mass is 998 g/mol. The van der Waals surface area contributed by atoms with E-state index >= 15 is 0 Å². The van der Waals surface area contributed by atoms with E-state index in [1.807, 2.05) is 41.5 Å². The fourth-order valence-corrected chi connectivity index (χ4v) is 6.71. The van der Waals surface area contributed by atoms with Gasteiger partial charge >= 0.3 is 24.2 Å². The number of halogens is 5. The highest BCUT2D eigenvalue weighted by Crippen LogP contribution is 2.39. The van der Waals surface area contributed by atoms with Crippen LogP contribution >= 0.6 is 11.6 Å². The molecule has 0 aromatic heterocycles. The van der Waals surface area contributed by atoms with Gasteiger partial charge in [0.25, 0.3) is 12.9 Å². The van der Waals surface area contributed by atoms with Crippen LogP contribution in [-0.4, -0.2) is 72.4 Å². The Bertz CT molecular complexity index is 2090. The molecule has 380 valence electrons. The van der Waals surface area contributed by atoms with Gasteiger partial charge in [-0.2, -0.15) is 19.2 Å². The molecule has 21 heteroatoms. The van der Waals surface area contributed by atoms with Crippen molar-refractivity contribution in [3.05, 3.63) is 47.5 Å². The Labute approximate surface area is 403 Å². The number of nitrogen functional groups attached to an aromatic ring is 1. The first kappa shape index (κ1) is 62.7. The molecule has 10 unspecified atom stereocenters. The van der Waals surface area contributed by atoms with Crippen LogP contribution in [0.3, 0.4) is 0 Å². The number of esters is 2. The molecule has 2 heterocycles. The molecule has 2 fully saturated rings. The molecule has 0 saturated carbocycles. The van der Waals surface area contributed by atoms with Gasteiger partial charge in [0.05, 0.1) is 23.3 Å². The topological polar surface area (TPSA) is 230 Å². The number of ether oxygens (including phenoxy) is 6. The van der Waals surface area contributed by atoms with Crippen molar-refractivity contribution in [1.82, 2.24) is 0 Å². The summed E-state index contributed by atoms with van der Waals surface area (Å²) in [6, 6.07) is 8.00. The van der Waals surface area contributed by atoms with Crippen molar-refractivity contribution in [2.24, 2.45) is 23.7 Å². The molecule has 2 aromatic carbocycles. The minimum absolute atomic E-state index is 0.0321. The number of carbonyl (C=O) groups excluding carboxylic acids is 8. The summed E-state index contributed by atoms with van der Waals surface area (Å²) in [4.78, 5) is 77.4. The third-order valence-electron chi connectivity index (χ3n) is 10.7. The van der Waals surface area contributed by atoms with Gasteiger partial charge in [-0.05, 0) is 86.5 Å². The Hall–Kier alpha value is -6.27. The van der Waals surface area contributed by atoms with Gasteiger partial charge in [0.1, 0.15) is 11.5 Å². The van der Waals surface area contributed by atoms with Crippen LogP contribution in [0.25, 0.3) is 0 Å². The van der Waals surface area contributed by atoms with Crippen LogP contribution in [0.15, 0.2) is 36.4 Å². The van der Waals surface area contributed by atoms with Crippen molar-refractivity contribution >= 4 is 58.4 Å². The van der Waals surface area contributed by atoms with Crippen LogP contribution in [0.4, 0.5) is 28.9 Å². The Balaban J connectivity index is 0.00000107. The van der Waals surface area contributed by atoms with E-state index in [0.29, 0.717) is 32.1 Å². The molecule has 2 aliphatic rings. The van der Waals surface area contributed by atoms with Gasteiger partial charge in [-0.25, -0.2) is 17.6 Å². The predicted octanol–water partition coefficient (Wildman–Crippen LogP) is 8.62. The van der Waals surface area contributed by atoms with Crippen LogP contribution in [0.5, 0.6) is 11.5 Å². The lowest BCUT2D eigenvalue weighted by atomic mass is 9.84. The molecule has 0 spiro atoms. The molecule has 69 heavy (non-hydrogen) atoms. The number of benzene rings is 2. The third kappa shape index (κ3) is 23.1. The van der Waals surface area contributed by atoms with E-state index < -0.39 is 55.1 Å². The summed E-state index contributed by atoms with van der Waals surface area (Å²) in [6.45, 7) is 14.1. The molecule has 2 aliphatic heterocycles. The zero-order valence-corrected chi connectivity index (χ0v) is 40.2. The number of amides is 1. The first-order chi connectivity index (χ1) is 32.4. The molecule has 16 nitrogen and oxygen atoms in total. The lowest BCUT2D eigenvalue weighted by Gasteiger charge is -2.42. The fourth-order valence-electron chi connectivity index (χ4n) is 6.58. The minimum Gasteiger partial charge on any atom is -0.460 e. The van der Waals surface area contributed by atoms with Crippen LogP contribution in [0, 0.1) is 48.4 Å².